The number of fused-ring (bicyclic) bond motifs is 9. The van der Waals surface area contributed by atoms with E-state index in [0.717, 1.165) is 84.9 Å². The Morgan fingerprint density at radius 2 is 1.19 bits per heavy atom. The standard InChI is InChI=1S/C51H37NO2/c1-51(2)43-22-11-9-20-38(43)39-26-24-37(30-44(39)51)52(35-19-13-18-34(28-35)32-14-5-3-6-15-32)36-25-27-46-41(29-36)42-31-47-49(40-21-10-12-23-45(40)53-47)48(50(42)54-46)33-16-7-4-8-17-33/h3-8,10,12-31H,9,11H2,1-2H3. The van der Waals surface area contributed by atoms with E-state index in [-0.39, 0.29) is 5.41 Å². The molecule has 2 aliphatic rings. The molecular formula is C51H37NO2. The Kier molecular flexibility index (Phi) is 6.72. The Balaban J connectivity index is 1.16. The van der Waals surface area contributed by atoms with Gasteiger partial charge in [-0.2, -0.15) is 0 Å². The molecule has 258 valence electrons. The summed E-state index contributed by atoms with van der Waals surface area (Å²) < 4.78 is 13.4. The molecule has 2 aromatic heterocycles. The first kappa shape index (κ1) is 31.0. The number of hydrogen-bond donors (Lipinski definition) is 0. The quantitative estimate of drug-likeness (QED) is 0.179. The minimum Gasteiger partial charge on any atom is -0.456 e. The second-order valence-electron chi connectivity index (χ2n) is 15.2. The predicted octanol–water partition coefficient (Wildman–Crippen LogP) is 14.7. The summed E-state index contributed by atoms with van der Waals surface area (Å²) in [5.41, 5.74) is 16.8. The Morgan fingerprint density at radius 1 is 0.500 bits per heavy atom. The zero-order valence-electron chi connectivity index (χ0n) is 30.3. The van der Waals surface area contributed by atoms with Crippen LogP contribution < -0.4 is 4.90 Å². The van der Waals surface area contributed by atoms with Crippen molar-refractivity contribution in [2.45, 2.75) is 32.1 Å². The van der Waals surface area contributed by atoms with Crippen LogP contribution in [0.3, 0.4) is 0 Å². The van der Waals surface area contributed by atoms with E-state index in [2.05, 4.69) is 170 Å². The molecule has 0 N–H and O–H groups in total. The summed E-state index contributed by atoms with van der Waals surface area (Å²) in [6.45, 7) is 4.75. The van der Waals surface area contributed by atoms with Crippen LogP contribution in [-0.2, 0) is 5.41 Å². The van der Waals surface area contributed by atoms with E-state index >= 15 is 0 Å². The van der Waals surface area contributed by atoms with Crippen molar-refractivity contribution in [2.75, 3.05) is 4.90 Å². The number of nitrogens with zero attached hydrogens (tertiary/aromatic N) is 1. The fraction of sp³-hybridized carbons (Fsp3) is 0.0980. The monoisotopic (exact) mass is 695 g/mol. The van der Waals surface area contributed by atoms with Gasteiger partial charge in [0, 0.05) is 49.6 Å². The van der Waals surface area contributed by atoms with E-state index < -0.39 is 0 Å². The van der Waals surface area contributed by atoms with Crippen molar-refractivity contribution in [2.24, 2.45) is 0 Å². The van der Waals surface area contributed by atoms with Crippen molar-refractivity contribution in [3.63, 3.8) is 0 Å². The van der Waals surface area contributed by atoms with Crippen molar-refractivity contribution < 1.29 is 8.83 Å². The SMILES string of the molecule is CC1(C)C2=CCCC=C2c2ccc(N(c3cccc(-c4ccccc4)c3)c3ccc4oc5c(-c6ccccc6)c6c(cc5c4c3)oc3ccccc36)cc21. The van der Waals surface area contributed by atoms with Crippen molar-refractivity contribution in [3.05, 3.63) is 181 Å². The third-order valence-corrected chi connectivity index (χ3v) is 11.7. The van der Waals surface area contributed by atoms with E-state index in [1.807, 2.05) is 12.1 Å². The first-order chi connectivity index (χ1) is 26.5. The summed E-state index contributed by atoms with van der Waals surface area (Å²) >= 11 is 0. The largest absolute Gasteiger partial charge is 0.456 e. The third kappa shape index (κ3) is 4.61. The van der Waals surface area contributed by atoms with Gasteiger partial charge in [0.05, 0.1) is 0 Å². The molecule has 0 saturated carbocycles. The van der Waals surface area contributed by atoms with Crippen LogP contribution in [-0.4, -0.2) is 0 Å². The van der Waals surface area contributed by atoms with Crippen LogP contribution in [0.15, 0.2) is 178 Å². The second kappa shape index (κ2) is 11.7. The summed E-state index contributed by atoms with van der Waals surface area (Å²) in [7, 11) is 0. The fourth-order valence-corrected chi connectivity index (χ4v) is 9.11. The molecule has 2 heterocycles. The van der Waals surface area contributed by atoms with Crippen molar-refractivity contribution in [1.82, 2.24) is 0 Å². The highest BCUT2D eigenvalue weighted by Crippen LogP contribution is 2.53. The summed E-state index contributed by atoms with van der Waals surface area (Å²) in [5.74, 6) is 0. The summed E-state index contributed by atoms with van der Waals surface area (Å²) in [6.07, 6.45) is 7.09. The first-order valence-corrected chi connectivity index (χ1v) is 18.9. The van der Waals surface area contributed by atoms with Crippen LogP contribution in [0.2, 0.25) is 0 Å². The molecule has 7 aromatic carbocycles. The lowest BCUT2D eigenvalue weighted by Gasteiger charge is -2.28. The molecule has 0 spiro atoms. The smallest absolute Gasteiger partial charge is 0.144 e. The number of anilines is 3. The molecule has 0 radical (unpaired) electrons. The molecular weight excluding hydrogens is 659 g/mol. The van der Waals surface area contributed by atoms with Gasteiger partial charge < -0.3 is 13.7 Å². The Bertz CT molecular complexity index is 3010. The maximum absolute atomic E-state index is 6.86. The predicted molar refractivity (Wildman–Crippen MR) is 225 cm³/mol. The zero-order valence-corrected chi connectivity index (χ0v) is 30.3. The number of benzene rings is 7. The minimum absolute atomic E-state index is 0.0777. The van der Waals surface area contributed by atoms with Gasteiger partial charge in [-0.05, 0) is 106 Å². The van der Waals surface area contributed by atoms with Gasteiger partial charge in [-0.1, -0.05) is 123 Å². The van der Waals surface area contributed by atoms with Crippen molar-refractivity contribution >= 4 is 66.5 Å². The molecule has 0 bridgehead atoms. The van der Waals surface area contributed by atoms with Crippen molar-refractivity contribution in [3.8, 4) is 22.3 Å². The number of furan rings is 2. The number of hydrogen-bond acceptors (Lipinski definition) is 3. The van der Waals surface area contributed by atoms with Crippen LogP contribution in [0.1, 0.15) is 37.8 Å². The lowest BCUT2D eigenvalue weighted by atomic mass is 9.80. The summed E-state index contributed by atoms with van der Waals surface area (Å²) in [5, 5.41) is 4.25. The van der Waals surface area contributed by atoms with Crippen LogP contribution in [0.25, 0.3) is 71.7 Å². The van der Waals surface area contributed by atoms with E-state index in [1.165, 1.54) is 33.4 Å². The second-order valence-corrected chi connectivity index (χ2v) is 15.2. The normalized spacial score (nSPS) is 14.7. The minimum atomic E-state index is -0.0777. The maximum Gasteiger partial charge on any atom is 0.144 e. The summed E-state index contributed by atoms with van der Waals surface area (Å²) in [6, 6.07) is 54.2. The molecule has 11 rings (SSSR count). The highest BCUT2D eigenvalue weighted by Gasteiger charge is 2.39. The van der Waals surface area contributed by atoms with Gasteiger partial charge >= 0.3 is 0 Å². The van der Waals surface area contributed by atoms with Gasteiger partial charge in [-0.3, -0.25) is 0 Å². The van der Waals surface area contributed by atoms with Crippen molar-refractivity contribution in [1.29, 1.82) is 0 Å². The molecule has 0 amide bonds. The molecule has 54 heavy (non-hydrogen) atoms. The number of rotatable bonds is 5. The van der Waals surface area contributed by atoms with Crippen LogP contribution in [0, 0.1) is 0 Å². The van der Waals surface area contributed by atoms with E-state index in [9.17, 15) is 0 Å². The molecule has 3 heteroatoms. The van der Waals surface area contributed by atoms with Gasteiger partial charge in [0.25, 0.3) is 0 Å². The average molecular weight is 696 g/mol. The molecule has 9 aromatic rings. The topological polar surface area (TPSA) is 29.5 Å². The van der Waals surface area contributed by atoms with E-state index in [1.54, 1.807) is 0 Å². The van der Waals surface area contributed by atoms with Crippen LogP contribution in [0.4, 0.5) is 17.1 Å². The Morgan fingerprint density at radius 3 is 2.04 bits per heavy atom. The number of para-hydroxylation sites is 1. The van der Waals surface area contributed by atoms with Gasteiger partial charge in [0.2, 0.25) is 0 Å². The molecule has 0 aliphatic heterocycles. The molecule has 0 unspecified atom stereocenters. The lowest BCUT2D eigenvalue weighted by Crippen LogP contribution is -2.17. The highest BCUT2D eigenvalue weighted by atomic mass is 16.3. The third-order valence-electron chi connectivity index (χ3n) is 11.7. The van der Waals surface area contributed by atoms with E-state index in [4.69, 9.17) is 8.83 Å². The van der Waals surface area contributed by atoms with Gasteiger partial charge in [-0.25, -0.2) is 0 Å². The van der Waals surface area contributed by atoms with Gasteiger partial charge in [0.1, 0.15) is 22.3 Å². The maximum atomic E-state index is 6.86. The Hall–Kier alpha value is -6.58. The molecule has 0 atom stereocenters. The van der Waals surface area contributed by atoms with Gasteiger partial charge in [0.15, 0.2) is 0 Å². The van der Waals surface area contributed by atoms with Crippen LogP contribution in [0.5, 0.6) is 0 Å². The number of allylic oxidation sites excluding steroid dienone is 4. The fourth-order valence-electron chi connectivity index (χ4n) is 9.11. The average Bonchev–Trinajstić information content (AvgIpc) is 3.85. The van der Waals surface area contributed by atoms with E-state index in [0.29, 0.717) is 0 Å². The Labute approximate surface area is 314 Å². The molecule has 0 fully saturated rings. The van der Waals surface area contributed by atoms with Gasteiger partial charge in [-0.15, -0.1) is 0 Å². The molecule has 2 aliphatic carbocycles. The first-order valence-electron chi connectivity index (χ1n) is 18.9. The summed E-state index contributed by atoms with van der Waals surface area (Å²) in [4.78, 5) is 2.41. The molecule has 0 saturated heterocycles. The zero-order chi connectivity index (χ0) is 36.0. The lowest BCUT2D eigenvalue weighted by molar-refractivity contribution is 0.654. The highest BCUT2D eigenvalue weighted by molar-refractivity contribution is 6.23. The van der Waals surface area contributed by atoms with Crippen LogP contribution >= 0.6 is 0 Å². The molecule has 3 nitrogen and oxygen atoms in total.